The maximum atomic E-state index is 13.1. The number of piperazine rings is 1. The van der Waals surface area contributed by atoms with Crippen molar-refractivity contribution in [2.45, 2.75) is 12.5 Å². The third kappa shape index (κ3) is 3.93. The summed E-state index contributed by atoms with van der Waals surface area (Å²) >= 11 is 0. The molecule has 3 rings (SSSR count). The first-order valence-corrected chi connectivity index (χ1v) is 8.85. The predicted molar refractivity (Wildman–Crippen MR) is 101 cm³/mol. The Bertz CT molecular complexity index is 984. The molecule has 3 amide bonds. The first-order valence-electron chi connectivity index (χ1n) is 8.85. The lowest BCUT2D eigenvalue weighted by Crippen LogP contribution is -2.58. The lowest BCUT2D eigenvalue weighted by atomic mass is 10.0. The number of rotatable bonds is 4. The van der Waals surface area contributed by atoms with Crippen LogP contribution >= 0.6 is 0 Å². The lowest BCUT2D eigenvalue weighted by molar-refractivity contribution is -0.132. The molecule has 1 aliphatic heterocycles. The Balaban J connectivity index is 1.90. The van der Waals surface area contributed by atoms with Crippen LogP contribution in [-0.4, -0.2) is 58.6 Å². The fourth-order valence-corrected chi connectivity index (χ4v) is 3.07. The van der Waals surface area contributed by atoms with Crippen LogP contribution < -0.4 is 16.2 Å². The molecule has 2 N–H and O–H groups in total. The largest absolute Gasteiger partial charge is 0.359 e. The highest BCUT2D eigenvalue weighted by Crippen LogP contribution is 2.20. The second-order valence-electron chi connectivity index (χ2n) is 6.44. The Hall–Kier alpha value is -3.49. The Morgan fingerprint density at radius 1 is 1.25 bits per heavy atom. The molecule has 0 radical (unpaired) electrons. The first kappa shape index (κ1) is 19.3. The van der Waals surface area contributed by atoms with Crippen LogP contribution in [0.25, 0.3) is 11.3 Å². The fourth-order valence-electron chi connectivity index (χ4n) is 3.07. The molecule has 9 nitrogen and oxygen atoms in total. The van der Waals surface area contributed by atoms with Gasteiger partial charge in [-0.3, -0.25) is 19.2 Å². The minimum Gasteiger partial charge on any atom is -0.359 e. The molecule has 0 unspecified atom stereocenters. The van der Waals surface area contributed by atoms with E-state index in [0.29, 0.717) is 29.9 Å². The van der Waals surface area contributed by atoms with Gasteiger partial charge in [-0.25, -0.2) is 4.68 Å². The third-order valence-electron chi connectivity index (χ3n) is 4.62. The molecular formula is C19H21N5O4. The molecule has 1 saturated heterocycles. The van der Waals surface area contributed by atoms with Crippen molar-refractivity contribution in [3.05, 3.63) is 52.3 Å². The van der Waals surface area contributed by atoms with E-state index < -0.39 is 6.04 Å². The zero-order valence-electron chi connectivity index (χ0n) is 15.6. The number of aromatic nitrogens is 2. The molecule has 0 saturated carbocycles. The minimum absolute atomic E-state index is 0.101. The van der Waals surface area contributed by atoms with Gasteiger partial charge in [0.05, 0.1) is 12.1 Å². The standard InChI is InChI=1S/C19H21N5O4/c1-20-16(25)11-15-18(27)21-8-9-24(15)19(28)13-5-3-4-12(10-13)14-6-7-17(26)23(2)22-14/h3-7,10,15H,8-9,11H2,1-2H3,(H,20,25)(H,21,27)/t15-/m1/s1. The highest BCUT2D eigenvalue weighted by molar-refractivity contribution is 6.00. The molecule has 0 bridgehead atoms. The van der Waals surface area contributed by atoms with E-state index in [-0.39, 0.29) is 29.7 Å². The Morgan fingerprint density at radius 2 is 2.04 bits per heavy atom. The summed E-state index contributed by atoms with van der Waals surface area (Å²) in [5.41, 5.74) is 1.37. The molecular weight excluding hydrogens is 362 g/mol. The van der Waals surface area contributed by atoms with E-state index in [1.54, 1.807) is 37.4 Å². The number of nitrogens with one attached hydrogen (secondary N) is 2. The summed E-state index contributed by atoms with van der Waals surface area (Å²) in [6.45, 7) is 0.644. The highest BCUT2D eigenvalue weighted by Gasteiger charge is 2.35. The number of carbonyl (C=O) groups excluding carboxylic acids is 3. The predicted octanol–water partition coefficient (Wildman–Crippen LogP) is -0.476. The number of hydrogen-bond donors (Lipinski definition) is 2. The van der Waals surface area contributed by atoms with Gasteiger partial charge in [-0.15, -0.1) is 0 Å². The smallest absolute Gasteiger partial charge is 0.266 e. The van der Waals surface area contributed by atoms with Crippen molar-refractivity contribution >= 4 is 17.7 Å². The van der Waals surface area contributed by atoms with E-state index in [0.717, 1.165) is 0 Å². The van der Waals surface area contributed by atoms with E-state index in [4.69, 9.17) is 0 Å². The SMILES string of the molecule is CNC(=O)C[C@@H]1C(=O)NCCN1C(=O)c1cccc(-c2ccc(=O)n(C)n2)c1. The monoisotopic (exact) mass is 383 g/mol. The van der Waals surface area contributed by atoms with Gasteiger partial charge in [0, 0.05) is 44.4 Å². The van der Waals surface area contributed by atoms with Crippen molar-refractivity contribution in [2.24, 2.45) is 7.05 Å². The molecule has 1 aromatic heterocycles. The van der Waals surface area contributed by atoms with Crippen LogP contribution in [0.4, 0.5) is 0 Å². The van der Waals surface area contributed by atoms with Crippen molar-refractivity contribution in [3.63, 3.8) is 0 Å². The normalized spacial score (nSPS) is 16.4. The summed E-state index contributed by atoms with van der Waals surface area (Å²) in [6, 6.07) is 8.96. The number of carbonyl (C=O) groups is 3. The summed E-state index contributed by atoms with van der Waals surface area (Å²) in [4.78, 5) is 50.0. The molecule has 1 fully saturated rings. The molecule has 9 heteroatoms. The van der Waals surface area contributed by atoms with Crippen LogP contribution in [0.5, 0.6) is 0 Å². The minimum atomic E-state index is -0.861. The van der Waals surface area contributed by atoms with Crippen LogP contribution in [0.2, 0.25) is 0 Å². The number of benzene rings is 1. The Morgan fingerprint density at radius 3 is 2.75 bits per heavy atom. The molecule has 1 aromatic carbocycles. The van der Waals surface area contributed by atoms with Crippen LogP contribution in [0, 0.1) is 0 Å². The Kier molecular flexibility index (Phi) is 5.53. The zero-order chi connectivity index (χ0) is 20.3. The molecule has 0 aliphatic carbocycles. The second kappa shape index (κ2) is 8.03. The van der Waals surface area contributed by atoms with Crippen LogP contribution in [0.1, 0.15) is 16.8 Å². The van der Waals surface area contributed by atoms with Gasteiger partial charge in [-0.2, -0.15) is 5.10 Å². The highest BCUT2D eigenvalue weighted by atomic mass is 16.2. The molecule has 2 aromatic rings. The molecule has 28 heavy (non-hydrogen) atoms. The third-order valence-corrected chi connectivity index (χ3v) is 4.62. The van der Waals surface area contributed by atoms with Crippen molar-refractivity contribution in [1.82, 2.24) is 25.3 Å². The van der Waals surface area contributed by atoms with E-state index in [1.807, 2.05) is 0 Å². The van der Waals surface area contributed by atoms with E-state index in [9.17, 15) is 19.2 Å². The maximum Gasteiger partial charge on any atom is 0.266 e. The second-order valence-corrected chi connectivity index (χ2v) is 6.44. The van der Waals surface area contributed by atoms with Gasteiger partial charge >= 0.3 is 0 Å². The van der Waals surface area contributed by atoms with Crippen LogP contribution in [-0.2, 0) is 16.6 Å². The molecule has 1 atom stereocenters. The lowest BCUT2D eigenvalue weighted by Gasteiger charge is -2.34. The van der Waals surface area contributed by atoms with E-state index >= 15 is 0 Å². The summed E-state index contributed by atoms with van der Waals surface area (Å²) < 4.78 is 1.22. The quantitative estimate of drug-likeness (QED) is 0.741. The van der Waals surface area contributed by atoms with E-state index in [2.05, 4.69) is 15.7 Å². The summed E-state index contributed by atoms with van der Waals surface area (Å²) in [6.07, 6.45) is -0.101. The van der Waals surface area contributed by atoms with Gasteiger partial charge in [0.1, 0.15) is 6.04 Å². The van der Waals surface area contributed by atoms with Crippen molar-refractivity contribution in [1.29, 1.82) is 0 Å². The summed E-state index contributed by atoms with van der Waals surface area (Å²) in [5.74, 6) is -1.00. The molecule has 1 aliphatic rings. The summed E-state index contributed by atoms with van der Waals surface area (Å²) in [7, 11) is 3.04. The maximum absolute atomic E-state index is 13.1. The van der Waals surface area contributed by atoms with Crippen molar-refractivity contribution in [2.75, 3.05) is 20.1 Å². The Labute approximate surface area is 161 Å². The van der Waals surface area contributed by atoms with Gasteiger partial charge in [0.2, 0.25) is 11.8 Å². The average molecular weight is 383 g/mol. The number of hydrogen-bond acceptors (Lipinski definition) is 5. The molecule has 2 heterocycles. The van der Waals surface area contributed by atoms with Crippen LogP contribution in [0.3, 0.4) is 0 Å². The van der Waals surface area contributed by atoms with Gasteiger partial charge in [-0.05, 0) is 18.2 Å². The number of aryl methyl sites for hydroxylation is 1. The molecule has 0 spiro atoms. The van der Waals surface area contributed by atoms with Gasteiger partial charge in [0.25, 0.3) is 11.5 Å². The van der Waals surface area contributed by atoms with Gasteiger partial charge in [0.15, 0.2) is 0 Å². The zero-order valence-corrected chi connectivity index (χ0v) is 15.6. The van der Waals surface area contributed by atoms with Crippen LogP contribution in [0.15, 0.2) is 41.2 Å². The van der Waals surface area contributed by atoms with Gasteiger partial charge < -0.3 is 15.5 Å². The first-order chi connectivity index (χ1) is 13.4. The van der Waals surface area contributed by atoms with E-state index in [1.165, 1.54) is 22.7 Å². The van der Waals surface area contributed by atoms with Gasteiger partial charge in [-0.1, -0.05) is 12.1 Å². The number of amides is 3. The van der Waals surface area contributed by atoms with Crippen molar-refractivity contribution in [3.8, 4) is 11.3 Å². The average Bonchev–Trinajstić information content (AvgIpc) is 2.71. The molecule has 146 valence electrons. The van der Waals surface area contributed by atoms with Crippen molar-refractivity contribution < 1.29 is 14.4 Å². The fraction of sp³-hybridized carbons (Fsp3) is 0.316. The number of nitrogens with zero attached hydrogens (tertiary/aromatic N) is 3. The topological polar surface area (TPSA) is 113 Å². The summed E-state index contributed by atoms with van der Waals surface area (Å²) in [5, 5.41) is 9.37.